The number of nitrogens with zero attached hydrogens (tertiary/aromatic N) is 1. The third-order valence-corrected chi connectivity index (χ3v) is 3.50. The van der Waals surface area contributed by atoms with Crippen LogP contribution in [0.1, 0.15) is 11.3 Å². The Morgan fingerprint density at radius 2 is 1.81 bits per heavy atom. The fourth-order valence-corrected chi connectivity index (χ4v) is 2.43. The molecule has 3 nitrogen and oxygen atoms in total. The van der Waals surface area contributed by atoms with E-state index < -0.39 is 0 Å². The first kappa shape index (κ1) is 13.6. The average molecular weight is 279 g/mol. The molecule has 0 fully saturated rings. The van der Waals surface area contributed by atoms with Gasteiger partial charge in [-0.3, -0.25) is 4.98 Å². The zero-order valence-electron chi connectivity index (χ0n) is 11.7. The molecule has 0 saturated carbocycles. The predicted octanol–water partition coefficient (Wildman–Crippen LogP) is 3.35. The number of aromatic nitrogens is 1. The van der Waals surface area contributed by atoms with Gasteiger partial charge in [-0.1, -0.05) is 36.4 Å². The molecule has 0 radical (unpaired) electrons. The SMILES string of the molecule is OCc1c(OCCc2ccccn2)ccc2ccccc12. The van der Waals surface area contributed by atoms with Crippen molar-refractivity contribution < 1.29 is 9.84 Å². The number of hydrogen-bond donors (Lipinski definition) is 1. The molecule has 0 saturated heterocycles. The highest BCUT2D eigenvalue weighted by Gasteiger charge is 2.07. The fraction of sp³-hybridized carbons (Fsp3) is 0.167. The molecular weight excluding hydrogens is 262 g/mol. The largest absolute Gasteiger partial charge is 0.493 e. The van der Waals surface area contributed by atoms with Gasteiger partial charge in [0.15, 0.2) is 0 Å². The summed E-state index contributed by atoms with van der Waals surface area (Å²) in [7, 11) is 0. The standard InChI is InChI=1S/C18H17NO2/c20-13-17-16-7-2-1-5-14(16)8-9-18(17)21-12-10-15-6-3-4-11-19-15/h1-9,11,20H,10,12-13H2. The topological polar surface area (TPSA) is 42.4 Å². The third kappa shape index (κ3) is 3.03. The van der Waals surface area contributed by atoms with E-state index in [4.69, 9.17) is 4.74 Å². The molecule has 0 bridgehead atoms. The van der Waals surface area contributed by atoms with Crippen LogP contribution in [-0.4, -0.2) is 16.7 Å². The van der Waals surface area contributed by atoms with Crippen molar-refractivity contribution >= 4 is 10.8 Å². The van der Waals surface area contributed by atoms with Crippen molar-refractivity contribution in [3.63, 3.8) is 0 Å². The van der Waals surface area contributed by atoms with Crippen LogP contribution in [0.5, 0.6) is 5.75 Å². The van der Waals surface area contributed by atoms with Crippen LogP contribution in [0.2, 0.25) is 0 Å². The molecule has 0 aliphatic rings. The van der Waals surface area contributed by atoms with Gasteiger partial charge in [-0.25, -0.2) is 0 Å². The number of rotatable bonds is 5. The van der Waals surface area contributed by atoms with Crippen molar-refractivity contribution in [2.75, 3.05) is 6.61 Å². The minimum atomic E-state index is -0.0275. The molecule has 2 aromatic carbocycles. The summed E-state index contributed by atoms with van der Waals surface area (Å²) in [6.45, 7) is 0.516. The van der Waals surface area contributed by atoms with Crippen molar-refractivity contribution in [1.82, 2.24) is 4.98 Å². The van der Waals surface area contributed by atoms with Gasteiger partial charge in [0.05, 0.1) is 13.2 Å². The van der Waals surface area contributed by atoms with Crippen LogP contribution in [0.25, 0.3) is 10.8 Å². The lowest BCUT2D eigenvalue weighted by molar-refractivity contribution is 0.265. The second-order valence-corrected chi connectivity index (χ2v) is 4.84. The zero-order chi connectivity index (χ0) is 14.5. The van der Waals surface area contributed by atoms with Crippen LogP contribution in [0.3, 0.4) is 0 Å². The molecule has 3 aromatic rings. The van der Waals surface area contributed by atoms with Crippen molar-refractivity contribution in [2.24, 2.45) is 0 Å². The first-order valence-electron chi connectivity index (χ1n) is 7.02. The number of pyridine rings is 1. The van der Waals surface area contributed by atoms with E-state index in [0.29, 0.717) is 6.61 Å². The van der Waals surface area contributed by atoms with E-state index in [1.807, 2.05) is 54.6 Å². The lowest BCUT2D eigenvalue weighted by atomic mass is 10.0. The molecule has 3 rings (SSSR count). The Morgan fingerprint density at radius 3 is 2.62 bits per heavy atom. The summed E-state index contributed by atoms with van der Waals surface area (Å²) in [6.07, 6.45) is 2.53. The summed E-state index contributed by atoms with van der Waals surface area (Å²) in [5.74, 6) is 0.743. The first-order valence-corrected chi connectivity index (χ1v) is 7.02. The minimum absolute atomic E-state index is 0.0275. The Morgan fingerprint density at radius 1 is 0.952 bits per heavy atom. The number of aliphatic hydroxyl groups is 1. The molecule has 106 valence electrons. The van der Waals surface area contributed by atoms with E-state index >= 15 is 0 Å². The molecule has 0 aliphatic heterocycles. The summed E-state index contributed by atoms with van der Waals surface area (Å²) in [4.78, 5) is 4.27. The number of ether oxygens (including phenoxy) is 1. The molecule has 3 heteroatoms. The van der Waals surface area contributed by atoms with Gasteiger partial charge < -0.3 is 9.84 Å². The number of hydrogen-bond acceptors (Lipinski definition) is 3. The van der Waals surface area contributed by atoms with Gasteiger partial charge in [-0.15, -0.1) is 0 Å². The van der Waals surface area contributed by atoms with Crippen LogP contribution in [0, 0.1) is 0 Å². The lowest BCUT2D eigenvalue weighted by Crippen LogP contribution is -2.04. The Kier molecular flexibility index (Phi) is 4.12. The van der Waals surface area contributed by atoms with Gasteiger partial charge >= 0.3 is 0 Å². The molecule has 0 atom stereocenters. The second-order valence-electron chi connectivity index (χ2n) is 4.84. The summed E-state index contributed by atoms with van der Waals surface area (Å²) < 4.78 is 5.84. The summed E-state index contributed by atoms with van der Waals surface area (Å²) in [5, 5.41) is 11.8. The van der Waals surface area contributed by atoms with Gasteiger partial charge in [0.2, 0.25) is 0 Å². The molecule has 0 spiro atoms. The molecule has 0 amide bonds. The summed E-state index contributed by atoms with van der Waals surface area (Å²) >= 11 is 0. The predicted molar refractivity (Wildman–Crippen MR) is 83.3 cm³/mol. The van der Waals surface area contributed by atoms with Gasteiger partial charge in [0, 0.05) is 23.9 Å². The molecule has 0 unspecified atom stereocenters. The van der Waals surface area contributed by atoms with E-state index in [-0.39, 0.29) is 6.61 Å². The lowest BCUT2D eigenvalue weighted by Gasteiger charge is -2.12. The van der Waals surface area contributed by atoms with Crippen molar-refractivity contribution in [2.45, 2.75) is 13.0 Å². The number of fused-ring (bicyclic) bond motifs is 1. The third-order valence-electron chi connectivity index (χ3n) is 3.50. The summed E-state index contributed by atoms with van der Waals surface area (Å²) in [5.41, 5.74) is 1.85. The maximum absolute atomic E-state index is 9.64. The van der Waals surface area contributed by atoms with Crippen molar-refractivity contribution in [3.05, 3.63) is 72.1 Å². The fourth-order valence-electron chi connectivity index (χ4n) is 2.43. The van der Waals surface area contributed by atoms with Crippen LogP contribution in [0.4, 0.5) is 0 Å². The molecule has 1 N–H and O–H groups in total. The molecular formula is C18H17NO2. The smallest absolute Gasteiger partial charge is 0.125 e. The highest BCUT2D eigenvalue weighted by Crippen LogP contribution is 2.28. The number of aliphatic hydroxyl groups excluding tert-OH is 1. The van der Waals surface area contributed by atoms with Gasteiger partial charge in [-0.2, -0.15) is 0 Å². The molecule has 0 aliphatic carbocycles. The minimum Gasteiger partial charge on any atom is -0.493 e. The average Bonchev–Trinajstić information content (AvgIpc) is 2.55. The van der Waals surface area contributed by atoms with Crippen LogP contribution < -0.4 is 4.74 Å². The monoisotopic (exact) mass is 279 g/mol. The second kappa shape index (κ2) is 6.37. The normalized spacial score (nSPS) is 10.7. The van der Waals surface area contributed by atoms with Gasteiger partial charge in [-0.05, 0) is 29.0 Å². The van der Waals surface area contributed by atoms with E-state index in [2.05, 4.69) is 4.98 Å². The van der Waals surface area contributed by atoms with Gasteiger partial charge in [0.1, 0.15) is 5.75 Å². The van der Waals surface area contributed by atoms with E-state index in [0.717, 1.165) is 34.2 Å². The van der Waals surface area contributed by atoms with E-state index in [9.17, 15) is 5.11 Å². The Hall–Kier alpha value is -2.39. The molecule has 21 heavy (non-hydrogen) atoms. The Bertz CT molecular complexity index is 726. The van der Waals surface area contributed by atoms with Gasteiger partial charge in [0.25, 0.3) is 0 Å². The Balaban J connectivity index is 1.77. The van der Waals surface area contributed by atoms with E-state index in [1.165, 1.54) is 0 Å². The first-order chi connectivity index (χ1) is 10.4. The van der Waals surface area contributed by atoms with Crippen molar-refractivity contribution in [3.8, 4) is 5.75 Å². The number of benzene rings is 2. The quantitative estimate of drug-likeness (QED) is 0.779. The maximum atomic E-state index is 9.64. The highest BCUT2D eigenvalue weighted by atomic mass is 16.5. The van der Waals surface area contributed by atoms with Crippen molar-refractivity contribution in [1.29, 1.82) is 0 Å². The van der Waals surface area contributed by atoms with Crippen LogP contribution in [0.15, 0.2) is 60.8 Å². The molecule has 1 aromatic heterocycles. The van der Waals surface area contributed by atoms with Crippen LogP contribution >= 0.6 is 0 Å². The maximum Gasteiger partial charge on any atom is 0.125 e. The Labute approximate surface area is 123 Å². The zero-order valence-corrected chi connectivity index (χ0v) is 11.7. The van der Waals surface area contributed by atoms with E-state index in [1.54, 1.807) is 6.20 Å². The summed E-state index contributed by atoms with van der Waals surface area (Å²) in [6, 6.07) is 17.8. The molecule has 1 heterocycles. The van der Waals surface area contributed by atoms with Crippen LogP contribution in [-0.2, 0) is 13.0 Å². The highest BCUT2D eigenvalue weighted by molar-refractivity contribution is 5.87.